The lowest BCUT2D eigenvalue weighted by atomic mass is 10.2. The second kappa shape index (κ2) is 3.68. The van der Waals surface area contributed by atoms with Gasteiger partial charge in [-0.2, -0.15) is 0 Å². The van der Waals surface area contributed by atoms with Gasteiger partial charge < -0.3 is 14.9 Å². The standard InChI is InChI=1S/C8H5F3O4/c9-8(10,11)15-6-3-4(7(13)14)1-2-5(6)12/h1-3,12H,(H,13,14)/p-1. The van der Waals surface area contributed by atoms with Crippen LogP contribution in [0.1, 0.15) is 10.4 Å². The molecule has 1 aromatic carbocycles. The van der Waals surface area contributed by atoms with E-state index in [0.717, 1.165) is 6.07 Å². The molecule has 0 aliphatic carbocycles. The van der Waals surface area contributed by atoms with Crippen LogP contribution < -0.4 is 9.84 Å². The van der Waals surface area contributed by atoms with Gasteiger partial charge >= 0.3 is 12.3 Å². The largest absolute Gasteiger partial charge is 0.870 e. The number of ether oxygens (including phenoxy) is 1. The molecule has 0 spiro atoms. The van der Waals surface area contributed by atoms with Gasteiger partial charge in [0.1, 0.15) is 5.75 Å². The van der Waals surface area contributed by atoms with Crippen molar-refractivity contribution in [2.24, 2.45) is 0 Å². The zero-order valence-corrected chi connectivity index (χ0v) is 7.04. The zero-order valence-electron chi connectivity index (χ0n) is 7.04. The topological polar surface area (TPSA) is 69.6 Å². The smallest absolute Gasteiger partial charge is 0.573 e. The first-order chi connectivity index (χ1) is 6.79. The van der Waals surface area contributed by atoms with Gasteiger partial charge in [0.15, 0.2) is 0 Å². The van der Waals surface area contributed by atoms with Gasteiger partial charge in [-0.05, 0) is 12.1 Å². The number of hydrogen-bond donors (Lipinski definition) is 1. The van der Waals surface area contributed by atoms with Crippen LogP contribution in [0.2, 0.25) is 0 Å². The Morgan fingerprint density at radius 3 is 2.47 bits per heavy atom. The van der Waals surface area contributed by atoms with Crippen LogP contribution in [-0.2, 0) is 0 Å². The molecule has 0 radical (unpaired) electrons. The van der Waals surface area contributed by atoms with Crippen LogP contribution in [0.25, 0.3) is 0 Å². The van der Waals surface area contributed by atoms with Crippen molar-refractivity contribution in [3.63, 3.8) is 0 Å². The molecule has 0 aliphatic rings. The van der Waals surface area contributed by atoms with Gasteiger partial charge in [0.25, 0.3) is 0 Å². The van der Waals surface area contributed by atoms with Gasteiger partial charge in [0, 0.05) is 0 Å². The van der Waals surface area contributed by atoms with E-state index in [1.807, 2.05) is 0 Å². The highest BCUT2D eigenvalue weighted by Crippen LogP contribution is 2.30. The third kappa shape index (κ3) is 3.04. The molecule has 0 amide bonds. The molecule has 0 saturated heterocycles. The highest BCUT2D eigenvalue weighted by atomic mass is 19.4. The van der Waals surface area contributed by atoms with Crippen molar-refractivity contribution in [3.05, 3.63) is 23.8 Å². The van der Waals surface area contributed by atoms with E-state index in [0.29, 0.717) is 12.1 Å². The number of carboxylic acid groups (broad SMARTS) is 1. The molecule has 0 aliphatic heterocycles. The Balaban J connectivity index is 3.06. The number of alkyl halides is 3. The average Bonchev–Trinajstić information content (AvgIpc) is 2.06. The van der Waals surface area contributed by atoms with E-state index in [9.17, 15) is 23.1 Å². The van der Waals surface area contributed by atoms with Crippen LogP contribution in [-0.4, -0.2) is 17.4 Å². The molecular formula is C8H4F3O4-. The van der Waals surface area contributed by atoms with E-state index in [4.69, 9.17) is 5.11 Å². The van der Waals surface area contributed by atoms with Crippen LogP contribution in [0, 0.1) is 0 Å². The Hall–Kier alpha value is -1.92. The molecule has 0 heterocycles. The molecular weight excluding hydrogens is 217 g/mol. The van der Waals surface area contributed by atoms with Crippen molar-refractivity contribution in [2.75, 3.05) is 0 Å². The van der Waals surface area contributed by atoms with Crippen molar-refractivity contribution >= 4 is 5.97 Å². The van der Waals surface area contributed by atoms with Crippen molar-refractivity contribution in [1.82, 2.24) is 0 Å². The van der Waals surface area contributed by atoms with Crippen molar-refractivity contribution in [3.8, 4) is 11.5 Å². The summed E-state index contributed by atoms with van der Waals surface area (Å²) in [5.41, 5.74) is -0.450. The molecule has 0 atom stereocenters. The lowest BCUT2D eigenvalue weighted by molar-refractivity contribution is -0.296. The van der Waals surface area contributed by atoms with Crippen molar-refractivity contribution < 1.29 is 32.9 Å². The maximum absolute atomic E-state index is 11.7. The second-order valence-corrected chi connectivity index (χ2v) is 2.51. The second-order valence-electron chi connectivity index (χ2n) is 2.51. The molecule has 1 aromatic rings. The summed E-state index contributed by atoms with van der Waals surface area (Å²) in [7, 11) is 0. The first-order valence-electron chi connectivity index (χ1n) is 3.60. The van der Waals surface area contributed by atoms with Crippen LogP contribution in [0.3, 0.4) is 0 Å². The van der Waals surface area contributed by atoms with Crippen LogP contribution in [0.5, 0.6) is 11.5 Å². The predicted molar refractivity (Wildman–Crippen MR) is 39.5 cm³/mol. The Bertz CT molecular complexity index is 386. The molecule has 0 bridgehead atoms. The minimum absolute atomic E-state index is 0.450. The Morgan fingerprint density at radius 1 is 1.40 bits per heavy atom. The number of rotatable bonds is 2. The van der Waals surface area contributed by atoms with Crippen LogP contribution >= 0.6 is 0 Å². The molecule has 7 heteroatoms. The molecule has 82 valence electrons. The third-order valence-electron chi connectivity index (χ3n) is 1.42. The summed E-state index contributed by atoms with van der Waals surface area (Å²) >= 11 is 0. The van der Waals surface area contributed by atoms with E-state index >= 15 is 0 Å². The summed E-state index contributed by atoms with van der Waals surface area (Å²) in [4.78, 5) is 10.4. The lowest BCUT2D eigenvalue weighted by Gasteiger charge is -2.16. The zero-order chi connectivity index (χ0) is 11.6. The molecule has 0 fully saturated rings. The molecule has 15 heavy (non-hydrogen) atoms. The summed E-state index contributed by atoms with van der Waals surface area (Å²) < 4.78 is 38.6. The average molecular weight is 221 g/mol. The van der Waals surface area contributed by atoms with Gasteiger partial charge in [-0.3, -0.25) is 0 Å². The summed E-state index contributed by atoms with van der Waals surface area (Å²) in [6.07, 6.45) is -5.02. The number of aromatic carboxylic acids is 1. The monoisotopic (exact) mass is 221 g/mol. The van der Waals surface area contributed by atoms with Crippen molar-refractivity contribution in [1.29, 1.82) is 0 Å². The lowest BCUT2D eigenvalue weighted by Crippen LogP contribution is -2.18. The fourth-order valence-corrected chi connectivity index (χ4v) is 0.846. The highest BCUT2D eigenvalue weighted by Gasteiger charge is 2.31. The molecule has 1 N–H and O–H groups in total. The summed E-state index contributed by atoms with van der Waals surface area (Å²) in [6.45, 7) is 0. The molecule has 0 unspecified atom stereocenters. The fourth-order valence-electron chi connectivity index (χ4n) is 0.846. The van der Waals surface area contributed by atoms with E-state index in [-0.39, 0.29) is 0 Å². The number of carboxylic acids is 1. The summed E-state index contributed by atoms with van der Waals surface area (Å²) in [5.74, 6) is -3.53. The highest BCUT2D eigenvalue weighted by molar-refractivity contribution is 5.88. The fraction of sp³-hybridized carbons (Fsp3) is 0.125. The first-order valence-corrected chi connectivity index (χ1v) is 3.60. The van der Waals surface area contributed by atoms with E-state index in [1.165, 1.54) is 0 Å². The number of carbonyl (C=O) groups is 1. The Kier molecular flexibility index (Phi) is 2.74. The van der Waals surface area contributed by atoms with E-state index in [1.54, 1.807) is 0 Å². The van der Waals surface area contributed by atoms with Gasteiger partial charge in [-0.1, -0.05) is 11.8 Å². The van der Waals surface area contributed by atoms with Gasteiger partial charge in [-0.25, -0.2) is 4.79 Å². The Morgan fingerprint density at radius 2 is 2.00 bits per heavy atom. The third-order valence-corrected chi connectivity index (χ3v) is 1.42. The van der Waals surface area contributed by atoms with Gasteiger partial charge in [-0.15, -0.1) is 13.2 Å². The van der Waals surface area contributed by atoms with Gasteiger partial charge in [0.05, 0.1) is 5.56 Å². The minimum atomic E-state index is -5.02. The summed E-state index contributed by atoms with van der Waals surface area (Å²) in [6, 6.07) is 2.12. The Labute approximate surface area is 81.5 Å². The number of benzene rings is 1. The predicted octanol–water partition coefficient (Wildman–Crippen LogP) is 1.36. The minimum Gasteiger partial charge on any atom is -0.870 e. The van der Waals surface area contributed by atoms with Gasteiger partial charge in [0.2, 0.25) is 0 Å². The van der Waals surface area contributed by atoms with Crippen LogP contribution in [0.15, 0.2) is 18.2 Å². The maximum atomic E-state index is 11.7. The first kappa shape index (κ1) is 11.2. The maximum Gasteiger partial charge on any atom is 0.573 e. The number of hydrogen-bond acceptors (Lipinski definition) is 3. The summed E-state index contributed by atoms with van der Waals surface area (Å²) in [5, 5.41) is 19.3. The van der Waals surface area contributed by atoms with E-state index < -0.39 is 29.4 Å². The molecule has 1 rings (SSSR count). The quantitative estimate of drug-likeness (QED) is 0.818. The SMILES string of the molecule is O=C(O)c1ccc([O-])c(OC(F)(F)F)c1. The molecule has 0 saturated carbocycles. The van der Waals surface area contributed by atoms with Crippen molar-refractivity contribution in [2.45, 2.75) is 6.36 Å². The number of halogens is 3. The normalized spacial score (nSPS) is 11.1. The van der Waals surface area contributed by atoms with Crippen LogP contribution in [0.4, 0.5) is 13.2 Å². The molecule has 4 nitrogen and oxygen atoms in total. The van der Waals surface area contributed by atoms with E-state index in [2.05, 4.69) is 4.74 Å². The molecule has 0 aromatic heterocycles.